The van der Waals surface area contributed by atoms with E-state index in [-0.39, 0.29) is 5.78 Å². The van der Waals surface area contributed by atoms with E-state index < -0.39 is 0 Å². The van der Waals surface area contributed by atoms with Crippen LogP contribution in [0.2, 0.25) is 5.02 Å². The molecule has 1 aliphatic heterocycles. The fourth-order valence-electron chi connectivity index (χ4n) is 1.95. The number of hydrogen-bond donors (Lipinski definition) is 0. The number of carbonyl (C=O) groups excluding carboxylic acids is 1. The molecule has 1 heterocycles. The maximum absolute atomic E-state index is 11.4. The molecule has 1 fully saturated rings. The molecule has 1 aromatic carbocycles. The second kappa shape index (κ2) is 4.74. The van der Waals surface area contributed by atoms with E-state index in [4.69, 9.17) is 16.3 Å². The lowest BCUT2D eigenvalue weighted by Gasteiger charge is -2.29. The summed E-state index contributed by atoms with van der Waals surface area (Å²) in [5.41, 5.74) is 0.906. The Balaban J connectivity index is 2.30. The molecule has 0 atom stereocenters. The van der Waals surface area contributed by atoms with E-state index in [1.54, 1.807) is 13.2 Å². The van der Waals surface area contributed by atoms with Crippen molar-refractivity contribution in [3.05, 3.63) is 23.2 Å². The van der Waals surface area contributed by atoms with E-state index in [9.17, 15) is 4.79 Å². The summed E-state index contributed by atoms with van der Waals surface area (Å²) in [4.78, 5) is 13.4. The standard InChI is InChI=1S/C12H14ClNO2/c1-16-12-5-4-9(13)7-11(12)14-6-2-3-10(15)8-14/h4-5,7H,2-3,6,8H2,1H3. The van der Waals surface area contributed by atoms with E-state index in [1.165, 1.54) is 0 Å². The van der Waals surface area contributed by atoms with Crippen molar-refractivity contribution >= 4 is 23.1 Å². The molecule has 1 saturated heterocycles. The summed E-state index contributed by atoms with van der Waals surface area (Å²) in [5, 5.41) is 0.661. The summed E-state index contributed by atoms with van der Waals surface area (Å²) < 4.78 is 5.28. The lowest BCUT2D eigenvalue weighted by molar-refractivity contribution is -0.118. The zero-order valence-corrected chi connectivity index (χ0v) is 9.96. The molecule has 3 nitrogen and oxygen atoms in total. The normalized spacial score (nSPS) is 16.4. The van der Waals surface area contributed by atoms with Gasteiger partial charge in [-0.1, -0.05) is 11.6 Å². The van der Waals surface area contributed by atoms with E-state index >= 15 is 0 Å². The number of anilines is 1. The minimum atomic E-state index is 0.272. The van der Waals surface area contributed by atoms with E-state index in [0.29, 0.717) is 18.0 Å². The first kappa shape index (κ1) is 11.3. The van der Waals surface area contributed by atoms with Gasteiger partial charge in [0.2, 0.25) is 0 Å². The van der Waals surface area contributed by atoms with Gasteiger partial charge in [0.25, 0.3) is 0 Å². The molecule has 0 saturated carbocycles. The number of carbonyl (C=O) groups is 1. The first-order valence-electron chi connectivity index (χ1n) is 5.31. The van der Waals surface area contributed by atoms with Crippen LogP contribution in [0.15, 0.2) is 18.2 Å². The fraction of sp³-hybridized carbons (Fsp3) is 0.417. The lowest BCUT2D eigenvalue weighted by atomic mass is 10.1. The summed E-state index contributed by atoms with van der Waals surface area (Å²) in [5.74, 6) is 1.03. The maximum Gasteiger partial charge on any atom is 0.152 e. The number of nitrogens with zero attached hydrogens (tertiary/aromatic N) is 1. The third kappa shape index (κ3) is 2.30. The number of hydrogen-bond acceptors (Lipinski definition) is 3. The van der Waals surface area contributed by atoms with Crippen molar-refractivity contribution in [1.82, 2.24) is 0 Å². The molecule has 0 bridgehead atoms. The van der Waals surface area contributed by atoms with Crippen molar-refractivity contribution in [1.29, 1.82) is 0 Å². The van der Waals surface area contributed by atoms with Gasteiger partial charge in [0.15, 0.2) is 5.78 Å². The number of methoxy groups -OCH3 is 1. The van der Waals surface area contributed by atoms with Gasteiger partial charge in [-0.3, -0.25) is 4.79 Å². The first-order chi connectivity index (χ1) is 7.70. The Morgan fingerprint density at radius 2 is 2.25 bits per heavy atom. The van der Waals surface area contributed by atoms with Crippen LogP contribution >= 0.6 is 11.6 Å². The highest BCUT2D eigenvalue weighted by molar-refractivity contribution is 6.31. The number of Topliss-reactive ketones (excluding diaryl/α,β-unsaturated/α-hetero) is 1. The van der Waals surface area contributed by atoms with Crippen LogP contribution in [0.1, 0.15) is 12.8 Å². The average molecular weight is 240 g/mol. The lowest BCUT2D eigenvalue weighted by Crippen LogP contribution is -2.35. The Kier molecular flexibility index (Phi) is 3.34. The monoisotopic (exact) mass is 239 g/mol. The van der Waals surface area contributed by atoms with Gasteiger partial charge in [-0.05, 0) is 24.6 Å². The van der Waals surface area contributed by atoms with E-state index in [1.807, 2.05) is 17.0 Å². The minimum Gasteiger partial charge on any atom is -0.495 e. The molecule has 0 N–H and O–H groups in total. The molecular weight excluding hydrogens is 226 g/mol. The number of piperidine rings is 1. The molecule has 2 rings (SSSR count). The van der Waals surface area contributed by atoms with Crippen molar-refractivity contribution in [2.24, 2.45) is 0 Å². The Labute approximate surface area is 100.0 Å². The molecule has 0 aliphatic carbocycles. The second-order valence-corrected chi connectivity index (χ2v) is 4.32. The van der Waals surface area contributed by atoms with Crippen LogP contribution in [0, 0.1) is 0 Å². The second-order valence-electron chi connectivity index (χ2n) is 3.88. The van der Waals surface area contributed by atoms with Gasteiger partial charge >= 0.3 is 0 Å². The van der Waals surface area contributed by atoms with Crippen LogP contribution < -0.4 is 9.64 Å². The summed E-state index contributed by atoms with van der Waals surface area (Å²) >= 11 is 5.96. The zero-order valence-electron chi connectivity index (χ0n) is 9.20. The molecule has 86 valence electrons. The molecule has 0 aromatic heterocycles. The van der Waals surface area contributed by atoms with E-state index in [2.05, 4.69) is 0 Å². The summed E-state index contributed by atoms with van der Waals surface area (Å²) in [6, 6.07) is 5.46. The van der Waals surface area contributed by atoms with Crippen molar-refractivity contribution in [2.75, 3.05) is 25.1 Å². The van der Waals surface area contributed by atoms with Gasteiger partial charge in [-0.25, -0.2) is 0 Å². The van der Waals surface area contributed by atoms with Crippen molar-refractivity contribution in [3.63, 3.8) is 0 Å². The van der Waals surface area contributed by atoms with Crippen molar-refractivity contribution in [2.45, 2.75) is 12.8 Å². The number of rotatable bonds is 2. The first-order valence-corrected chi connectivity index (χ1v) is 5.68. The topological polar surface area (TPSA) is 29.5 Å². The third-order valence-corrected chi connectivity index (χ3v) is 2.97. The maximum atomic E-state index is 11.4. The molecule has 0 unspecified atom stereocenters. The Hall–Kier alpha value is -1.22. The van der Waals surface area contributed by atoms with E-state index in [0.717, 1.165) is 24.4 Å². The predicted molar refractivity (Wildman–Crippen MR) is 64.5 cm³/mol. The molecule has 0 spiro atoms. The fourth-order valence-corrected chi connectivity index (χ4v) is 2.12. The van der Waals surface area contributed by atoms with Crippen LogP contribution in [-0.4, -0.2) is 26.0 Å². The Bertz CT molecular complexity index is 406. The molecule has 1 aliphatic rings. The van der Waals surface area contributed by atoms with Gasteiger partial charge in [0.05, 0.1) is 19.3 Å². The summed E-state index contributed by atoms with van der Waals surface area (Å²) in [6.45, 7) is 1.33. The van der Waals surface area contributed by atoms with Crippen LogP contribution in [0.5, 0.6) is 5.75 Å². The van der Waals surface area contributed by atoms with Crippen molar-refractivity contribution < 1.29 is 9.53 Å². The largest absolute Gasteiger partial charge is 0.495 e. The minimum absolute atomic E-state index is 0.272. The highest BCUT2D eigenvalue weighted by Crippen LogP contribution is 2.32. The number of ether oxygens (including phenoxy) is 1. The highest BCUT2D eigenvalue weighted by Gasteiger charge is 2.19. The smallest absolute Gasteiger partial charge is 0.152 e. The molecule has 4 heteroatoms. The predicted octanol–water partition coefficient (Wildman–Crippen LogP) is 2.52. The molecule has 1 aromatic rings. The average Bonchev–Trinajstić information content (AvgIpc) is 2.29. The van der Waals surface area contributed by atoms with Gasteiger partial charge in [-0.15, -0.1) is 0 Å². The van der Waals surface area contributed by atoms with Gasteiger partial charge in [0, 0.05) is 18.0 Å². The van der Waals surface area contributed by atoms with Crippen molar-refractivity contribution in [3.8, 4) is 5.75 Å². The molecular formula is C12H14ClNO2. The SMILES string of the molecule is COc1ccc(Cl)cc1N1CCCC(=O)C1. The number of halogens is 1. The zero-order chi connectivity index (χ0) is 11.5. The van der Waals surface area contributed by atoms with Gasteiger partial charge in [0.1, 0.15) is 5.75 Å². The molecule has 16 heavy (non-hydrogen) atoms. The van der Waals surface area contributed by atoms with Crippen LogP contribution in [0.3, 0.4) is 0 Å². The van der Waals surface area contributed by atoms with Crippen LogP contribution in [-0.2, 0) is 4.79 Å². The number of ketones is 1. The Morgan fingerprint density at radius 1 is 1.44 bits per heavy atom. The number of benzene rings is 1. The quantitative estimate of drug-likeness (QED) is 0.794. The highest BCUT2D eigenvalue weighted by atomic mass is 35.5. The summed E-state index contributed by atoms with van der Waals surface area (Å²) in [7, 11) is 1.62. The van der Waals surface area contributed by atoms with Gasteiger partial charge in [-0.2, -0.15) is 0 Å². The molecule has 0 radical (unpaired) electrons. The molecule has 0 amide bonds. The third-order valence-electron chi connectivity index (χ3n) is 2.73. The van der Waals surface area contributed by atoms with Crippen LogP contribution in [0.4, 0.5) is 5.69 Å². The Morgan fingerprint density at radius 3 is 2.94 bits per heavy atom. The van der Waals surface area contributed by atoms with Crippen LogP contribution in [0.25, 0.3) is 0 Å². The van der Waals surface area contributed by atoms with Gasteiger partial charge < -0.3 is 9.64 Å². The summed E-state index contributed by atoms with van der Waals surface area (Å²) in [6.07, 6.45) is 1.58.